The van der Waals surface area contributed by atoms with Crippen LogP contribution in [-0.4, -0.2) is 86.9 Å². The number of aliphatic imine (C=N–C) groups is 1. The fourth-order valence-corrected chi connectivity index (χ4v) is 4.76. The van der Waals surface area contributed by atoms with E-state index in [-0.39, 0.29) is 53.4 Å². The molecule has 0 fully saturated rings. The molecule has 2 aromatic carbocycles. The summed E-state index contributed by atoms with van der Waals surface area (Å²) < 4.78 is 12.2. The van der Waals surface area contributed by atoms with Gasteiger partial charge in [-0.25, -0.2) is 14.8 Å². The van der Waals surface area contributed by atoms with Gasteiger partial charge < -0.3 is 47.0 Å². The molecule has 0 radical (unpaired) electrons. The fourth-order valence-electron chi connectivity index (χ4n) is 4.76. The van der Waals surface area contributed by atoms with Crippen LogP contribution in [0.3, 0.4) is 0 Å². The van der Waals surface area contributed by atoms with Crippen molar-refractivity contribution in [3.63, 3.8) is 0 Å². The number of rotatable bonds is 16. The number of anilines is 2. The maximum Gasteiger partial charge on any atom is 0.433 e. The number of aryl methyl sites for hydroxylation is 1. The van der Waals surface area contributed by atoms with Crippen LogP contribution in [0.4, 0.5) is 16.3 Å². The second kappa shape index (κ2) is 23.2. The third-order valence-corrected chi connectivity index (χ3v) is 7.24. The molecule has 0 aliphatic rings. The van der Waals surface area contributed by atoms with Crippen LogP contribution in [0, 0.1) is 0 Å². The summed E-state index contributed by atoms with van der Waals surface area (Å²) in [5.74, 6) is 0.562. The molecular weight excluding hydrogens is 650 g/mol. The number of amides is 2. The Balaban J connectivity index is 0.00000600. The average Bonchev–Trinajstić information content (AvgIpc) is 3.39. The lowest BCUT2D eigenvalue weighted by molar-refractivity contribution is -0.142. The number of hydrogen-bond acceptors (Lipinski definition) is 9. The fraction of sp³-hybridized carbons (Fsp3) is 0.353. The second-order valence-corrected chi connectivity index (χ2v) is 10.5. The summed E-state index contributed by atoms with van der Waals surface area (Å²) in [6, 6.07) is 18.2. The number of pyridine rings is 1. The molecule has 0 saturated carbocycles. The predicted molar refractivity (Wildman–Crippen MR) is 193 cm³/mol. The van der Waals surface area contributed by atoms with Gasteiger partial charge >= 0.3 is 12.1 Å². The normalized spacial score (nSPS) is 10.2. The van der Waals surface area contributed by atoms with Crippen molar-refractivity contribution >= 4 is 46.7 Å². The number of nitrogens with zero attached hydrogens (tertiary/aromatic N) is 5. The molecule has 0 atom stereocenters. The Hall–Kier alpha value is -5.26. The quantitative estimate of drug-likeness (QED) is 0.0980. The van der Waals surface area contributed by atoms with E-state index in [0.29, 0.717) is 36.6 Å². The number of unbranched alkanes of at least 4 members (excludes halogenated alkanes) is 3. The number of fused-ring (bicyclic) bond motifs is 1. The molecule has 4 rings (SSSR count). The van der Waals surface area contributed by atoms with E-state index in [1.54, 1.807) is 43.5 Å². The van der Waals surface area contributed by atoms with Crippen LogP contribution in [0.15, 0.2) is 71.9 Å². The topological polar surface area (TPSA) is 280 Å². The number of nitrogens with one attached hydrogen (secondary N) is 1. The number of nitrogens with two attached hydrogens (primary N) is 1. The highest BCUT2D eigenvalue weighted by atomic mass is 16.5. The monoisotopic (exact) mass is 699 g/mol. The summed E-state index contributed by atoms with van der Waals surface area (Å²) in [6.45, 7) is 3.63. The summed E-state index contributed by atoms with van der Waals surface area (Å²) in [5.41, 5.74) is 9.10. The molecule has 274 valence electrons. The lowest BCUT2D eigenvalue weighted by Crippen LogP contribution is -2.34. The van der Waals surface area contributed by atoms with Crippen molar-refractivity contribution in [2.24, 2.45) is 17.8 Å². The molecule has 0 aliphatic carbocycles. The van der Waals surface area contributed by atoms with Crippen molar-refractivity contribution in [2.75, 3.05) is 36.5 Å². The molecule has 2 heterocycles. The summed E-state index contributed by atoms with van der Waals surface area (Å²) in [5, 5.41) is 3.36. The predicted octanol–water partition coefficient (Wildman–Crippen LogP) is 1.96. The van der Waals surface area contributed by atoms with Crippen molar-refractivity contribution in [2.45, 2.75) is 45.6 Å². The number of carbonyl (C=O) groups excluding carboxylic acids is 3. The molecule has 2 amide bonds. The maximum absolute atomic E-state index is 13.6. The number of esters is 1. The minimum Gasteiger partial charge on any atom is -0.466 e. The van der Waals surface area contributed by atoms with Crippen molar-refractivity contribution in [1.29, 1.82) is 0 Å². The van der Waals surface area contributed by atoms with Crippen LogP contribution < -0.4 is 16.0 Å². The Morgan fingerprint density at radius 2 is 1.70 bits per heavy atom. The molecule has 16 heteroatoms. The third-order valence-electron chi connectivity index (χ3n) is 7.24. The molecule has 2 aromatic heterocycles. The average molecular weight is 700 g/mol. The van der Waals surface area contributed by atoms with Crippen molar-refractivity contribution in [3.05, 3.63) is 83.8 Å². The van der Waals surface area contributed by atoms with Crippen LogP contribution in [0.1, 0.15) is 60.8 Å². The van der Waals surface area contributed by atoms with Gasteiger partial charge in [-0.15, -0.1) is 0 Å². The van der Waals surface area contributed by atoms with Crippen LogP contribution in [0.5, 0.6) is 0 Å². The highest BCUT2D eigenvalue weighted by Gasteiger charge is 2.21. The lowest BCUT2D eigenvalue weighted by atomic mass is 10.1. The number of imidazole rings is 1. The third kappa shape index (κ3) is 13.0. The molecule has 0 bridgehead atoms. The zero-order chi connectivity index (χ0) is 32.7. The van der Waals surface area contributed by atoms with Gasteiger partial charge in [0, 0.05) is 37.3 Å². The van der Waals surface area contributed by atoms with Gasteiger partial charge in [0.15, 0.2) is 0 Å². The minimum absolute atomic E-state index is 0. The number of carbonyl (C=O) groups is 3. The van der Waals surface area contributed by atoms with Gasteiger partial charge in [-0.2, -0.15) is 4.99 Å². The van der Waals surface area contributed by atoms with Crippen LogP contribution in [0.25, 0.3) is 11.0 Å². The van der Waals surface area contributed by atoms with Gasteiger partial charge in [-0.3, -0.25) is 14.5 Å². The van der Waals surface area contributed by atoms with Crippen LogP contribution in [0.2, 0.25) is 0 Å². The van der Waals surface area contributed by atoms with Gasteiger partial charge in [0.25, 0.3) is 5.91 Å². The molecule has 4 aromatic rings. The summed E-state index contributed by atoms with van der Waals surface area (Å²) in [7, 11) is 1.92. The Bertz CT molecular complexity index is 1630. The molecule has 0 unspecified atom stereocenters. The largest absolute Gasteiger partial charge is 0.466 e. The molecule has 0 spiro atoms. The van der Waals surface area contributed by atoms with Gasteiger partial charge in [-0.05, 0) is 74.3 Å². The van der Waals surface area contributed by atoms with Gasteiger partial charge in [0.2, 0.25) is 0 Å². The van der Waals surface area contributed by atoms with Crippen molar-refractivity contribution in [3.8, 4) is 0 Å². The van der Waals surface area contributed by atoms with Gasteiger partial charge in [0.05, 0.1) is 37.2 Å². The van der Waals surface area contributed by atoms with E-state index in [0.717, 1.165) is 48.3 Å². The molecule has 0 aliphatic heterocycles. The number of ether oxygens (including phenoxy) is 2. The van der Waals surface area contributed by atoms with Crippen LogP contribution in [-0.2, 0) is 27.9 Å². The standard InChI is InChI=1S/C34H41N7O5.4H2O/c1-3-45-32(42)17-20-41(30-10-6-8-19-36-30)33(43)26-13-16-29-28(22-26)39-31(40(29)2)24-37-27-14-11-25(12-15-27)23-38-34(44)46-21-9-5-4-7-18-35;;;;/h6,8,10-16,19,22-23,37H,3-5,7,9,17-18,20-21,24,35H2,1-2H3;4*1H2. The first-order valence-electron chi connectivity index (χ1n) is 15.5. The SMILES string of the molecule is CCOC(=O)CCN(C(=O)c1ccc2c(c1)nc(CNc1ccc(C=NC(=O)OCCCCCCN)cc1)n2C)c1ccccn1.O.O.O.O. The van der Waals surface area contributed by atoms with E-state index in [1.807, 2.05) is 41.9 Å². The van der Waals surface area contributed by atoms with E-state index in [2.05, 4.69) is 15.3 Å². The first-order valence-corrected chi connectivity index (χ1v) is 15.5. The second-order valence-electron chi connectivity index (χ2n) is 10.5. The zero-order valence-electron chi connectivity index (χ0n) is 28.4. The Morgan fingerprint density at radius 1 is 0.960 bits per heavy atom. The number of aromatic nitrogens is 3. The molecular formula is C34H49N7O9. The van der Waals surface area contributed by atoms with E-state index in [9.17, 15) is 14.4 Å². The zero-order valence-corrected chi connectivity index (χ0v) is 28.4. The Kier molecular flexibility index (Phi) is 20.7. The van der Waals surface area contributed by atoms with Crippen molar-refractivity contribution in [1.82, 2.24) is 14.5 Å². The van der Waals surface area contributed by atoms with E-state index < -0.39 is 6.09 Å². The Morgan fingerprint density at radius 3 is 2.38 bits per heavy atom. The first-order chi connectivity index (χ1) is 22.4. The maximum atomic E-state index is 13.6. The van der Waals surface area contributed by atoms with E-state index in [1.165, 1.54) is 11.1 Å². The summed E-state index contributed by atoms with van der Waals surface area (Å²) in [4.78, 5) is 52.0. The Labute approximate surface area is 290 Å². The minimum atomic E-state index is -0.603. The molecule has 16 nitrogen and oxygen atoms in total. The summed E-state index contributed by atoms with van der Waals surface area (Å²) in [6.07, 6.45) is 6.32. The number of hydrogen-bond donors (Lipinski definition) is 2. The molecule has 50 heavy (non-hydrogen) atoms. The first kappa shape index (κ1) is 44.7. The van der Waals surface area contributed by atoms with Crippen molar-refractivity contribution < 1.29 is 45.8 Å². The van der Waals surface area contributed by atoms with Crippen LogP contribution >= 0.6 is 0 Å². The highest BCUT2D eigenvalue weighted by molar-refractivity contribution is 6.07. The van der Waals surface area contributed by atoms with Gasteiger partial charge in [-0.1, -0.05) is 31.0 Å². The molecule has 11 N–H and O–H groups in total. The van der Waals surface area contributed by atoms with E-state index in [4.69, 9.17) is 20.2 Å². The lowest BCUT2D eigenvalue weighted by Gasteiger charge is -2.21. The van der Waals surface area contributed by atoms with Gasteiger partial charge in [0.1, 0.15) is 11.6 Å². The van der Waals surface area contributed by atoms with E-state index >= 15 is 0 Å². The number of benzene rings is 2. The highest BCUT2D eigenvalue weighted by Crippen LogP contribution is 2.21. The smallest absolute Gasteiger partial charge is 0.433 e. The summed E-state index contributed by atoms with van der Waals surface area (Å²) >= 11 is 0. The molecule has 0 saturated heterocycles.